The molecule has 0 bridgehead atoms. The summed E-state index contributed by atoms with van der Waals surface area (Å²) in [6.07, 6.45) is 5.30. The average molecular weight is 416 g/mol. The molecule has 5 rings (SSSR count). The van der Waals surface area contributed by atoms with E-state index in [-0.39, 0.29) is 11.9 Å². The standard InChI is InChI=1S/C23H21N5OS/c1-16-11-12-17-7-5-6-10-20(17)27(16)21(29)14-30-23-19-13-26-28(22(19)24-15-25-23)18-8-3-2-4-9-18/h2-10,13,15-16H,11-12,14H2,1H3. The molecule has 150 valence electrons. The van der Waals surface area contributed by atoms with E-state index in [0.29, 0.717) is 5.75 Å². The van der Waals surface area contributed by atoms with E-state index >= 15 is 0 Å². The molecule has 0 aliphatic carbocycles. The van der Waals surface area contributed by atoms with E-state index in [1.807, 2.05) is 53.4 Å². The lowest BCUT2D eigenvalue weighted by Gasteiger charge is -2.35. The number of aryl methyl sites for hydroxylation is 1. The zero-order valence-electron chi connectivity index (χ0n) is 16.6. The molecular formula is C23H21N5OS. The predicted octanol–water partition coefficient (Wildman–Crippen LogP) is 4.28. The van der Waals surface area contributed by atoms with Crippen LogP contribution in [0.25, 0.3) is 16.7 Å². The Kier molecular flexibility index (Phi) is 4.96. The predicted molar refractivity (Wildman–Crippen MR) is 119 cm³/mol. The van der Waals surface area contributed by atoms with Crippen LogP contribution in [0.1, 0.15) is 18.9 Å². The van der Waals surface area contributed by atoms with Crippen LogP contribution in [0.4, 0.5) is 5.69 Å². The van der Waals surface area contributed by atoms with Gasteiger partial charge in [0.15, 0.2) is 5.65 Å². The number of anilines is 1. The Bertz CT molecular complexity index is 1210. The van der Waals surface area contributed by atoms with E-state index in [4.69, 9.17) is 0 Å². The largest absolute Gasteiger partial charge is 0.309 e. The van der Waals surface area contributed by atoms with Gasteiger partial charge in [-0.05, 0) is 43.5 Å². The smallest absolute Gasteiger partial charge is 0.237 e. The molecule has 0 N–H and O–H groups in total. The first-order valence-corrected chi connectivity index (χ1v) is 11.0. The highest BCUT2D eigenvalue weighted by molar-refractivity contribution is 8.00. The molecule has 1 atom stereocenters. The van der Waals surface area contributed by atoms with Gasteiger partial charge in [-0.3, -0.25) is 4.79 Å². The molecule has 30 heavy (non-hydrogen) atoms. The molecule has 1 aliphatic rings. The summed E-state index contributed by atoms with van der Waals surface area (Å²) in [6.45, 7) is 2.12. The van der Waals surface area contributed by atoms with Crippen molar-refractivity contribution in [2.45, 2.75) is 30.8 Å². The van der Waals surface area contributed by atoms with Gasteiger partial charge in [0, 0.05) is 11.7 Å². The number of thioether (sulfide) groups is 1. The lowest BCUT2D eigenvalue weighted by atomic mass is 9.97. The summed E-state index contributed by atoms with van der Waals surface area (Å²) in [6, 6.07) is 18.3. The molecule has 1 amide bonds. The molecule has 4 aromatic rings. The van der Waals surface area contributed by atoms with Crippen LogP contribution in [0, 0.1) is 0 Å². The van der Waals surface area contributed by atoms with Crippen molar-refractivity contribution in [1.29, 1.82) is 0 Å². The molecule has 0 fully saturated rings. The summed E-state index contributed by atoms with van der Waals surface area (Å²) in [5, 5.41) is 6.12. The fourth-order valence-corrected chi connectivity index (χ4v) is 4.78. The second-order valence-corrected chi connectivity index (χ2v) is 8.34. The minimum absolute atomic E-state index is 0.0989. The van der Waals surface area contributed by atoms with E-state index in [1.165, 1.54) is 23.7 Å². The van der Waals surface area contributed by atoms with Crippen LogP contribution in [0.3, 0.4) is 0 Å². The van der Waals surface area contributed by atoms with Crippen LogP contribution in [-0.2, 0) is 11.2 Å². The summed E-state index contributed by atoms with van der Waals surface area (Å²) >= 11 is 1.44. The van der Waals surface area contributed by atoms with Gasteiger partial charge >= 0.3 is 0 Å². The second-order valence-electron chi connectivity index (χ2n) is 7.38. The number of hydrogen-bond donors (Lipinski definition) is 0. The monoisotopic (exact) mass is 415 g/mol. The van der Waals surface area contributed by atoms with Crippen LogP contribution in [0.2, 0.25) is 0 Å². The van der Waals surface area contributed by atoms with Gasteiger partial charge in [0.25, 0.3) is 0 Å². The maximum Gasteiger partial charge on any atom is 0.237 e. The molecule has 7 heteroatoms. The number of hydrogen-bond acceptors (Lipinski definition) is 5. The van der Waals surface area contributed by atoms with Crippen LogP contribution < -0.4 is 4.90 Å². The lowest BCUT2D eigenvalue weighted by Crippen LogP contribution is -2.43. The first-order valence-electron chi connectivity index (χ1n) is 9.99. The number of benzene rings is 2. The summed E-state index contributed by atoms with van der Waals surface area (Å²) in [5.74, 6) is 0.420. The second kappa shape index (κ2) is 7.91. The van der Waals surface area contributed by atoms with Crippen molar-refractivity contribution < 1.29 is 4.79 Å². The first kappa shape index (κ1) is 18.8. The van der Waals surface area contributed by atoms with Crippen molar-refractivity contribution in [2.24, 2.45) is 0 Å². The molecule has 1 aliphatic heterocycles. The number of para-hydroxylation sites is 2. The third kappa shape index (κ3) is 3.35. The average Bonchev–Trinajstić information content (AvgIpc) is 3.23. The van der Waals surface area contributed by atoms with Crippen molar-refractivity contribution in [3.63, 3.8) is 0 Å². The van der Waals surface area contributed by atoms with Gasteiger partial charge in [0.05, 0.1) is 23.0 Å². The molecule has 3 heterocycles. The highest BCUT2D eigenvalue weighted by atomic mass is 32.2. The molecule has 6 nitrogen and oxygen atoms in total. The third-order valence-corrected chi connectivity index (χ3v) is 6.44. The van der Waals surface area contributed by atoms with E-state index in [9.17, 15) is 4.79 Å². The maximum absolute atomic E-state index is 13.1. The fourth-order valence-electron chi connectivity index (χ4n) is 3.96. The molecule has 1 unspecified atom stereocenters. The van der Waals surface area contributed by atoms with Crippen LogP contribution in [-0.4, -0.2) is 37.5 Å². The number of aromatic nitrogens is 4. The lowest BCUT2D eigenvalue weighted by molar-refractivity contribution is -0.116. The maximum atomic E-state index is 13.1. The van der Waals surface area contributed by atoms with Crippen molar-refractivity contribution in [1.82, 2.24) is 19.7 Å². The number of fused-ring (bicyclic) bond motifs is 2. The Labute approximate surface area is 179 Å². The molecule has 0 saturated carbocycles. The topological polar surface area (TPSA) is 63.9 Å². The fraction of sp³-hybridized carbons (Fsp3) is 0.217. The molecule has 2 aromatic carbocycles. The number of carbonyl (C=O) groups is 1. The Morgan fingerprint density at radius 1 is 1.10 bits per heavy atom. The zero-order chi connectivity index (χ0) is 20.5. The van der Waals surface area contributed by atoms with E-state index < -0.39 is 0 Å². The summed E-state index contributed by atoms with van der Waals surface area (Å²) in [4.78, 5) is 23.9. The highest BCUT2D eigenvalue weighted by Crippen LogP contribution is 2.32. The van der Waals surface area contributed by atoms with E-state index in [0.717, 1.165) is 40.3 Å². The number of carbonyl (C=O) groups excluding carboxylic acids is 1. The van der Waals surface area contributed by atoms with Crippen LogP contribution in [0.5, 0.6) is 0 Å². The normalized spacial score (nSPS) is 15.9. The molecule has 0 spiro atoms. The molecule has 0 saturated heterocycles. The SMILES string of the molecule is CC1CCc2ccccc2N1C(=O)CSc1ncnc2c1cnn2-c1ccccc1. The van der Waals surface area contributed by atoms with Gasteiger partial charge in [0.1, 0.15) is 11.4 Å². The Morgan fingerprint density at radius 3 is 2.77 bits per heavy atom. The zero-order valence-corrected chi connectivity index (χ0v) is 17.4. The summed E-state index contributed by atoms with van der Waals surface area (Å²) < 4.78 is 1.80. The summed E-state index contributed by atoms with van der Waals surface area (Å²) in [7, 11) is 0. The Balaban J connectivity index is 1.40. The van der Waals surface area contributed by atoms with Gasteiger partial charge in [-0.25, -0.2) is 14.6 Å². The number of rotatable bonds is 4. The summed E-state index contributed by atoms with van der Waals surface area (Å²) in [5.41, 5.74) is 3.95. The first-order chi connectivity index (χ1) is 14.7. The van der Waals surface area contributed by atoms with Crippen molar-refractivity contribution in [3.05, 3.63) is 72.7 Å². The number of nitrogens with zero attached hydrogens (tertiary/aromatic N) is 5. The van der Waals surface area contributed by atoms with E-state index in [2.05, 4.69) is 28.1 Å². The van der Waals surface area contributed by atoms with Crippen molar-refractivity contribution in [3.8, 4) is 5.69 Å². The van der Waals surface area contributed by atoms with Gasteiger partial charge in [-0.15, -0.1) is 0 Å². The third-order valence-electron chi connectivity index (χ3n) is 5.45. The van der Waals surface area contributed by atoms with Gasteiger partial charge in [-0.1, -0.05) is 48.2 Å². The van der Waals surface area contributed by atoms with Crippen LogP contribution >= 0.6 is 11.8 Å². The molecular weight excluding hydrogens is 394 g/mol. The van der Waals surface area contributed by atoms with Gasteiger partial charge in [0.2, 0.25) is 5.91 Å². The van der Waals surface area contributed by atoms with Crippen LogP contribution in [0.15, 0.2) is 72.1 Å². The van der Waals surface area contributed by atoms with Gasteiger partial charge in [-0.2, -0.15) is 5.10 Å². The Morgan fingerprint density at radius 2 is 1.90 bits per heavy atom. The minimum Gasteiger partial charge on any atom is -0.309 e. The molecule has 2 aromatic heterocycles. The quantitative estimate of drug-likeness (QED) is 0.368. The number of amides is 1. The van der Waals surface area contributed by atoms with Gasteiger partial charge < -0.3 is 4.90 Å². The Hall–Kier alpha value is -3.19. The van der Waals surface area contributed by atoms with E-state index in [1.54, 1.807) is 10.9 Å². The molecule has 0 radical (unpaired) electrons. The highest BCUT2D eigenvalue weighted by Gasteiger charge is 2.28. The van der Waals surface area contributed by atoms with Crippen molar-refractivity contribution >= 4 is 34.4 Å². The minimum atomic E-state index is 0.0989. The van der Waals surface area contributed by atoms with Crippen molar-refractivity contribution in [2.75, 3.05) is 10.7 Å².